The fourth-order valence-corrected chi connectivity index (χ4v) is 0.665. The van der Waals surface area contributed by atoms with Gasteiger partial charge in [0.25, 0.3) is 0 Å². The van der Waals surface area contributed by atoms with Crippen molar-refractivity contribution in [3.63, 3.8) is 0 Å². The predicted molar refractivity (Wildman–Crippen MR) is 40.5 cm³/mol. The van der Waals surface area contributed by atoms with Gasteiger partial charge in [-0.15, -0.1) is 0 Å². The summed E-state index contributed by atoms with van der Waals surface area (Å²) in [6.45, 7) is 2.70. The summed E-state index contributed by atoms with van der Waals surface area (Å²) in [5.74, 6) is -0.170. The van der Waals surface area contributed by atoms with Crippen LogP contribution in [0.5, 0.6) is 0 Å². The Morgan fingerprint density at radius 2 is 2.20 bits per heavy atom. The van der Waals surface area contributed by atoms with E-state index in [2.05, 4.69) is 12.2 Å². The minimum Gasteiger partial charge on any atom is -0.355 e. The monoisotopic (exact) mass is 143 g/mol. The Hall–Kier alpha value is -0.570. The van der Waals surface area contributed by atoms with Crippen molar-refractivity contribution in [3.05, 3.63) is 0 Å². The molecule has 0 aromatic heterocycles. The Morgan fingerprint density at radius 1 is 1.50 bits per heavy atom. The molecule has 1 radical (unpaired) electrons. The smallest absolute Gasteiger partial charge is 0.235 e. The second-order valence-electron chi connectivity index (χ2n) is 2.23. The zero-order valence-corrected chi connectivity index (χ0v) is 6.44. The van der Waals surface area contributed by atoms with Crippen LogP contribution in [0.1, 0.15) is 26.2 Å². The number of hydrogen-bond donors (Lipinski definition) is 1. The molecule has 0 saturated carbocycles. The van der Waals surface area contributed by atoms with E-state index in [9.17, 15) is 4.79 Å². The molecule has 0 saturated heterocycles. The highest BCUT2D eigenvalue weighted by molar-refractivity contribution is 5.77. The summed E-state index contributed by atoms with van der Waals surface area (Å²) in [4.78, 5) is 10.5. The lowest BCUT2D eigenvalue weighted by atomic mass is 10.2. The van der Waals surface area contributed by atoms with Gasteiger partial charge in [0, 0.05) is 6.54 Å². The molecular formula is C7H15N2O. The van der Waals surface area contributed by atoms with Crippen LogP contribution in [0.25, 0.3) is 0 Å². The first-order valence-corrected chi connectivity index (χ1v) is 3.72. The van der Waals surface area contributed by atoms with Crippen molar-refractivity contribution >= 4 is 5.91 Å². The fourth-order valence-electron chi connectivity index (χ4n) is 0.665. The van der Waals surface area contributed by atoms with E-state index in [-0.39, 0.29) is 12.5 Å². The standard InChI is InChI=1S/C7H15N2O/c1-2-3-4-5-9-7(10)6-8/h8H,2-6H2,1H3,(H,9,10). The molecule has 0 bridgehead atoms. The van der Waals surface area contributed by atoms with Crippen LogP contribution in [0.2, 0.25) is 0 Å². The molecule has 0 atom stereocenters. The van der Waals surface area contributed by atoms with Crippen molar-refractivity contribution in [2.45, 2.75) is 26.2 Å². The summed E-state index contributed by atoms with van der Waals surface area (Å²) in [6, 6.07) is 0. The average molecular weight is 143 g/mol. The first kappa shape index (κ1) is 9.43. The number of carbonyl (C=O) groups is 1. The molecule has 59 valence electrons. The van der Waals surface area contributed by atoms with Gasteiger partial charge in [0.15, 0.2) is 0 Å². The maximum atomic E-state index is 10.5. The van der Waals surface area contributed by atoms with Crippen LogP contribution in [0.3, 0.4) is 0 Å². The molecule has 0 aliphatic carbocycles. The van der Waals surface area contributed by atoms with Crippen LogP contribution in [0.4, 0.5) is 0 Å². The minimum atomic E-state index is -0.170. The molecule has 0 aromatic rings. The molecular weight excluding hydrogens is 128 g/mol. The first-order chi connectivity index (χ1) is 4.81. The average Bonchev–Trinajstić information content (AvgIpc) is 1.98. The number of hydrogen-bond acceptors (Lipinski definition) is 1. The summed E-state index contributed by atoms with van der Waals surface area (Å²) in [6.07, 6.45) is 3.34. The van der Waals surface area contributed by atoms with E-state index in [0.717, 1.165) is 25.8 Å². The van der Waals surface area contributed by atoms with Gasteiger partial charge in [-0.1, -0.05) is 19.8 Å². The molecule has 3 nitrogen and oxygen atoms in total. The lowest BCUT2D eigenvalue weighted by Gasteiger charge is -2.00. The highest BCUT2D eigenvalue weighted by Crippen LogP contribution is 1.90. The Bertz CT molecular complexity index is 93.6. The number of unbranched alkanes of at least 4 members (excludes halogenated alkanes) is 2. The van der Waals surface area contributed by atoms with Crippen molar-refractivity contribution < 1.29 is 4.79 Å². The van der Waals surface area contributed by atoms with E-state index >= 15 is 0 Å². The van der Waals surface area contributed by atoms with Gasteiger partial charge >= 0.3 is 0 Å². The van der Waals surface area contributed by atoms with E-state index in [1.54, 1.807) is 0 Å². The molecule has 0 spiro atoms. The second-order valence-corrected chi connectivity index (χ2v) is 2.23. The topological polar surface area (TPSA) is 52.9 Å². The molecule has 10 heavy (non-hydrogen) atoms. The fraction of sp³-hybridized carbons (Fsp3) is 0.857. The molecule has 0 heterocycles. The molecule has 0 fully saturated rings. The van der Waals surface area contributed by atoms with Crippen LogP contribution in [0, 0.1) is 0 Å². The quantitative estimate of drug-likeness (QED) is 0.562. The summed E-state index contributed by atoms with van der Waals surface area (Å²) in [5.41, 5.74) is 6.68. The molecule has 0 unspecified atom stereocenters. The molecule has 0 rings (SSSR count). The van der Waals surface area contributed by atoms with Gasteiger partial charge < -0.3 is 5.32 Å². The Morgan fingerprint density at radius 3 is 2.70 bits per heavy atom. The Kier molecular flexibility index (Phi) is 6.18. The minimum absolute atomic E-state index is 0.147. The Balaban J connectivity index is 2.96. The van der Waals surface area contributed by atoms with Gasteiger partial charge in [0.1, 0.15) is 0 Å². The predicted octanol–water partition coefficient (Wildman–Crippen LogP) is 0.576. The summed E-state index contributed by atoms with van der Waals surface area (Å²) in [7, 11) is 0. The van der Waals surface area contributed by atoms with E-state index in [0.29, 0.717) is 0 Å². The third-order valence-corrected chi connectivity index (χ3v) is 1.26. The van der Waals surface area contributed by atoms with E-state index in [1.165, 1.54) is 0 Å². The third kappa shape index (κ3) is 5.56. The maximum Gasteiger partial charge on any atom is 0.235 e. The van der Waals surface area contributed by atoms with Crippen LogP contribution < -0.4 is 11.1 Å². The molecule has 0 aliphatic rings. The number of carbonyl (C=O) groups excluding carboxylic acids is 1. The van der Waals surface area contributed by atoms with Crippen LogP contribution in [-0.4, -0.2) is 19.0 Å². The lowest BCUT2D eigenvalue weighted by molar-refractivity contribution is -0.119. The lowest BCUT2D eigenvalue weighted by Crippen LogP contribution is -2.27. The van der Waals surface area contributed by atoms with E-state index in [4.69, 9.17) is 5.73 Å². The third-order valence-electron chi connectivity index (χ3n) is 1.26. The SMILES string of the molecule is CCCCCNC(=O)C[NH]. The van der Waals surface area contributed by atoms with Crippen molar-refractivity contribution in [1.82, 2.24) is 11.1 Å². The van der Waals surface area contributed by atoms with Gasteiger partial charge in [-0.2, -0.15) is 0 Å². The summed E-state index contributed by atoms with van der Waals surface area (Å²) < 4.78 is 0. The van der Waals surface area contributed by atoms with E-state index < -0.39 is 0 Å². The van der Waals surface area contributed by atoms with Gasteiger partial charge in [0.05, 0.1) is 6.54 Å². The molecule has 2 N–H and O–H groups in total. The van der Waals surface area contributed by atoms with Crippen molar-refractivity contribution in [2.75, 3.05) is 13.1 Å². The summed E-state index contributed by atoms with van der Waals surface area (Å²) in [5, 5.41) is 2.64. The highest BCUT2D eigenvalue weighted by Gasteiger charge is 1.93. The molecule has 0 aliphatic heterocycles. The first-order valence-electron chi connectivity index (χ1n) is 3.72. The largest absolute Gasteiger partial charge is 0.355 e. The van der Waals surface area contributed by atoms with Gasteiger partial charge in [-0.05, 0) is 6.42 Å². The van der Waals surface area contributed by atoms with Gasteiger partial charge in [-0.3, -0.25) is 4.79 Å². The van der Waals surface area contributed by atoms with E-state index in [1.807, 2.05) is 0 Å². The molecule has 1 amide bonds. The van der Waals surface area contributed by atoms with Crippen LogP contribution in [0.15, 0.2) is 0 Å². The van der Waals surface area contributed by atoms with Crippen LogP contribution >= 0.6 is 0 Å². The number of amides is 1. The van der Waals surface area contributed by atoms with Crippen LogP contribution in [-0.2, 0) is 4.79 Å². The summed E-state index contributed by atoms with van der Waals surface area (Å²) >= 11 is 0. The van der Waals surface area contributed by atoms with Gasteiger partial charge in [0.2, 0.25) is 5.91 Å². The molecule has 3 heteroatoms. The van der Waals surface area contributed by atoms with Gasteiger partial charge in [-0.25, -0.2) is 5.73 Å². The van der Waals surface area contributed by atoms with Crippen molar-refractivity contribution in [1.29, 1.82) is 0 Å². The van der Waals surface area contributed by atoms with Crippen molar-refractivity contribution in [2.24, 2.45) is 0 Å². The number of rotatable bonds is 5. The zero-order chi connectivity index (χ0) is 7.82. The number of nitrogens with one attached hydrogen (secondary N) is 2. The van der Waals surface area contributed by atoms with Crippen molar-refractivity contribution in [3.8, 4) is 0 Å². The second kappa shape index (κ2) is 6.55. The maximum absolute atomic E-state index is 10.5. The molecule has 0 aromatic carbocycles. The zero-order valence-electron chi connectivity index (χ0n) is 6.44. The normalized spacial score (nSPS) is 9.40. The Labute approximate surface area is 62.0 Å². The highest BCUT2D eigenvalue weighted by atomic mass is 16.1.